The van der Waals surface area contributed by atoms with Crippen LogP contribution in [0, 0.1) is 27.7 Å². The summed E-state index contributed by atoms with van der Waals surface area (Å²) in [6.07, 6.45) is -0.158. The van der Waals surface area contributed by atoms with Crippen molar-refractivity contribution in [1.82, 2.24) is 40.0 Å². The van der Waals surface area contributed by atoms with Crippen LogP contribution in [-0.4, -0.2) is 86.5 Å². The number of nitrogens with one attached hydrogen (secondary N) is 2. The summed E-state index contributed by atoms with van der Waals surface area (Å²) in [7, 11) is 2.43. The van der Waals surface area contributed by atoms with Crippen LogP contribution in [0.5, 0.6) is 0 Å². The smallest absolute Gasteiger partial charge is 0.356 e. The lowest BCUT2D eigenvalue weighted by Gasteiger charge is -2.12. The molecule has 2 aromatic carbocycles. The Labute approximate surface area is 367 Å². The molecule has 2 amide bonds. The lowest BCUT2D eigenvalue weighted by atomic mass is 9.98. The van der Waals surface area contributed by atoms with Crippen LogP contribution in [0.1, 0.15) is 101 Å². The fraction of sp³-hybridized carbons (Fsp3) is 0.250. The molecule has 0 aliphatic carbocycles. The van der Waals surface area contributed by atoms with Crippen molar-refractivity contribution in [3.05, 3.63) is 125 Å². The SMILES string of the molecule is COC(=O)CC1N=C(c2ccc(Cl)cc2)c2c(sc(C(=O)NBNC(=O)c3sc4c(c3C)C(c3ccc(Cl)cc3)=NC(CC(=O)OC)c3nnc(C)n3-4)c2C)-n2c(C)nnc21. The molecule has 6 heterocycles. The van der Waals surface area contributed by atoms with Gasteiger partial charge in [0.25, 0.3) is 11.8 Å². The zero-order valence-corrected chi connectivity index (χ0v) is 36.6. The Kier molecular flexibility index (Phi) is 11.5. The summed E-state index contributed by atoms with van der Waals surface area (Å²) >= 11 is 15.0. The Bertz CT molecular complexity index is 2640. The highest BCUT2D eigenvalue weighted by molar-refractivity contribution is 7.17. The highest BCUT2D eigenvalue weighted by atomic mass is 35.5. The number of benzene rings is 2. The Morgan fingerprint density at radius 2 is 1.02 bits per heavy atom. The van der Waals surface area contributed by atoms with Gasteiger partial charge in [0.2, 0.25) is 0 Å². The number of aryl methyl sites for hydroxylation is 2. The zero-order valence-electron chi connectivity index (χ0n) is 33.5. The van der Waals surface area contributed by atoms with Crippen molar-refractivity contribution in [1.29, 1.82) is 0 Å². The number of fused-ring (bicyclic) bond motifs is 6. The van der Waals surface area contributed by atoms with Crippen molar-refractivity contribution in [2.45, 2.75) is 52.6 Å². The minimum atomic E-state index is -0.725. The van der Waals surface area contributed by atoms with Gasteiger partial charge in [-0.05, 0) is 63.1 Å². The van der Waals surface area contributed by atoms with E-state index in [0.717, 1.165) is 11.1 Å². The number of halogens is 2. The molecule has 0 saturated heterocycles. The highest BCUT2D eigenvalue weighted by Gasteiger charge is 2.36. The molecule has 61 heavy (non-hydrogen) atoms. The van der Waals surface area contributed by atoms with Gasteiger partial charge >= 0.3 is 19.5 Å². The number of ether oxygens (including phenoxy) is 2. The lowest BCUT2D eigenvalue weighted by Crippen LogP contribution is -2.40. The number of carbonyl (C=O) groups excluding carboxylic acids is 4. The van der Waals surface area contributed by atoms with E-state index in [0.29, 0.717) is 86.8 Å². The molecule has 0 fully saturated rings. The van der Waals surface area contributed by atoms with Crippen LogP contribution in [0.25, 0.3) is 10.0 Å². The first-order chi connectivity index (χ1) is 29.3. The number of amides is 2. The third kappa shape index (κ3) is 7.66. The molecule has 2 N–H and O–H groups in total. The maximum atomic E-state index is 14.0. The van der Waals surface area contributed by atoms with E-state index in [4.69, 9.17) is 42.7 Å². The van der Waals surface area contributed by atoms with Gasteiger partial charge in [-0.3, -0.25) is 38.3 Å². The molecule has 0 saturated carbocycles. The van der Waals surface area contributed by atoms with Crippen molar-refractivity contribution in [2.24, 2.45) is 9.98 Å². The van der Waals surface area contributed by atoms with E-state index in [-0.39, 0.29) is 20.4 Å². The fourth-order valence-corrected chi connectivity index (χ4v) is 10.1. The van der Waals surface area contributed by atoms with Gasteiger partial charge in [-0.15, -0.1) is 43.1 Å². The summed E-state index contributed by atoms with van der Waals surface area (Å²) in [5.74, 6) is 0.148. The first-order valence-electron chi connectivity index (χ1n) is 18.8. The van der Waals surface area contributed by atoms with Gasteiger partial charge in [-0.2, -0.15) is 0 Å². The van der Waals surface area contributed by atoms with Crippen molar-refractivity contribution >= 4 is 88.6 Å². The lowest BCUT2D eigenvalue weighted by molar-refractivity contribution is -0.142. The van der Waals surface area contributed by atoms with Gasteiger partial charge in [-0.25, -0.2) is 0 Å². The quantitative estimate of drug-likeness (QED) is 0.124. The molecule has 0 radical (unpaired) electrons. The molecule has 2 atom stereocenters. The van der Waals surface area contributed by atoms with E-state index in [1.54, 1.807) is 38.1 Å². The van der Waals surface area contributed by atoms with Gasteiger partial charge < -0.3 is 19.9 Å². The summed E-state index contributed by atoms with van der Waals surface area (Å²) in [5, 5.41) is 25.5. The van der Waals surface area contributed by atoms with Crippen LogP contribution in [0.15, 0.2) is 58.5 Å². The molecule has 0 spiro atoms. The average molecular weight is 898 g/mol. The zero-order chi connectivity index (χ0) is 43.3. The molecular weight excluding hydrogens is 862 g/mol. The van der Waals surface area contributed by atoms with Crippen LogP contribution >= 0.6 is 45.9 Å². The van der Waals surface area contributed by atoms with Crippen LogP contribution in [0.3, 0.4) is 0 Å². The molecule has 0 bridgehead atoms. The second kappa shape index (κ2) is 16.8. The molecule has 2 aliphatic rings. The largest absolute Gasteiger partial charge is 0.469 e. The van der Waals surface area contributed by atoms with Crippen molar-refractivity contribution in [3.8, 4) is 10.0 Å². The number of aromatic nitrogens is 6. The fourth-order valence-electron chi connectivity index (χ4n) is 7.32. The number of methoxy groups -OCH3 is 2. The second-order valence-corrected chi connectivity index (χ2v) is 17.0. The maximum absolute atomic E-state index is 14.0. The van der Waals surface area contributed by atoms with Crippen molar-refractivity contribution in [3.63, 3.8) is 0 Å². The van der Waals surface area contributed by atoms with E-state index >= 15 is 0 Å². The minimum Gasteiger partial charge on any atom is -0.469 e. The van der Waals surface area contributed by atoms with E-state index in [1.165, 1.54) is 36.9 Å². The average Bonchev–Trinajstić information content (AvgIpc) is 3.96. The van der Waals surface area contributed by atoms with Crippen LogP contribution in [0.4, 0.5) is 0 Å². The minimum absolute atomic E-state index is 0.0788. The first-order valence-corrected chi connectivity index (χ1v) is 21.2. The summed E-state index contributed by atoms with van der Waals surface area (Å²) in [5.41, 5.74) is 5.14. The number of aliphatic imine (C=N–C) groups is 2. The highest BCUT2D eigenvalue weighted by Crippen LogP contribution is 2.42. The molecule has 21 heteroatoms. The normalized spacial score (nSPS) is 15.1. The van der Waals surface area contributed by atoms with Gasteiger partial charge in [-0.1, -0.05) is 47.5 Å². The van der Waals surface area contributed by atoms with Gasteiger partial charge in [0.15, 0.2) is 11.6 Å². The molecule has 4 aromatic heterocycles. The number of esters is 2. The Morgan fingerprint density at radius 1 is 0.639 bits per heavy atom. The molecule has 2 unspecified atom stereocenters. The third-order valence-electron chi connectivity index (χ3n) is 10.3. The monoisotopic (exact) mass is 896 g/mol. The second-order valence-electron chi connectivity index (χ2n) is 14.1. The Hall–Kier alpha value is -6.02. The summed E-state index contributed by atoms with van der Waals surface area (Å²) in [4.78, 5) is 64.0. The molecule has 6 aromatic rings. The molecule has 310 valence electrons. The molecule has 8 rings (SSSR count). The molecule has 16 nitrogen and oxygen atoms in total. The number of hydrogen-bond acceptors (Lipinski definition) is 14. The Balaban J connectivity index is 1.10. The summed E-state index contributed by atoms with van der Waals surface area (Å²) in [6, 6.07) is 12.8. The van der Waals surface area contributed by atoms with E-state index in [9.17, 15) is 19.2 Å². The predicted octanol–water partition coefficient (Wildman–Crippen LogP) is 5.85. The van der Waals surface area contributed by atoms with Gasteiger partial charge in [0.1, 0.15) is 33.7 Å². The van der Waals surface area contributed by atoms with Crippen LogP contribution in [0.2, 0.25) is 10.0 Å². The first kappa shape index (κ1) is 41.7. The standard InChI is InChI=1S/C40H35BCl2N10O6S2/c1-17-29-31(21-7-11-23(42)12-8-21)44-25(15-27(54)58-5)35-50-48-19(3)52(35)39(29)60-33(17)37(56)46-41-47-38(57)34-18(2)30-32(22-9-13-24(43)14-10-22)45-26(16-28(55)59-6)36-51-49-20(4)53(36)40(30)61-34/h7-14,25-26,41H,15-16H2,1-6H3,(H,46,56)(H,47,57). The van der Waals surface area contributed by atoms with Gasteiger partial charge in [0, 0.05) is 32.3 Å². The van der Waals surface area contributed by atoms with E-state index in [2.05, 4.69) is 30.9 Å². The van der Waals surface area contributed by atoms with Crippen LogP contribution < -0.4 is 10.5 Å². The van der Waals surface area contributed by atoms with E-state index in [1.807, 2.05) is 47.2 Å². The third-order valence-corrected chi connectivity index (χ3v) is 13.4. The van der Waals surface area contributed by atoms with E-state index < -0.39 is 35.8 Å². The van der Waals surface area contributed by atoms with Crippen molar-refractivity contribution in [2.75, 3.05) is 14.2 Å². The molecule has 2 aliphatic heterocycles. The predicted molar refractivity (Wildman–Crippen MR) is 232 cm³/mol. The number of rotatable bonds is 10. The number of hydrogen-bond donors (Lipinski definition) is 2. The number of nitrogens with zero attached hydrogens (tertiary/aromatic N) is 8. The Morgan fingerprint density at radius 3 is 1.38 bits per heavy atom. The summed E-state index contributed by atoms with van der Waals surface area (Å²) in [6.45, 7) is 7.23. The van der Waals surface area contributed by atoms with Crippen LogP contribution in [-0.2, 0) is 19.1 Å². The summed E-state index contributed by atoms with van der Waals surface area (Å²) < 4.78 is 13.6. The number of carbonyl (C=O) groups is 4. The molecular formula is C40H35BCl2N10O6S2. The maximum Gasteiger partial charge on any atom is 0.356 e. The van der Waals surface area contributed by atoms with Crippen molar-refractivity contribution < 1.29 is 28.7 Å². The van der Waals surface area contributed by atoms with Gasteiger partial charge in [0.05, 0.1) is 48.2 Å². The topological polar surface area (TPSA) is 197 Å². The number of thiophene rings is 2.